The van der Waals surface area contributed by atoms with E-state index in [0.29, 0.717) is 25.2 Å². The molecular formula is C38H66O6. The SMILES string of the molecule is CCCCCCCCCCCCCC(=O)O[C@@H]1CC[C@]2(C)C3C[C@H](O)[C@@]4(C)C(CCC4[C@H](C)CCC(=O)O)C3[C@H](O)C[C@@H]2C1. The molecule has 6 heteroatoms. The predicted octanol–water partition coefficient (Wildman–Crippen LogP) is 8.70. The lowest BCUT2D eigenvalue weighted by atomic mass is 9.43. The highest BCUT2D eigenvalue weighted by molar-refractivity contribution is 5.69. The summed E-state index contributed by atoms with van der Waals surface area (Å²) < 4.78 is 6.02. The quantitative estimate of drug-likeness (QED) is 0.111. The van der Waals surface area contributed by atoms with E-state index in [9.17, 15) is 24.9 Å². The summed E-state index contributed by atoms with van der Waals surface area (Å²) in [6, 6.07) is 0. The van der Waals surface area contributed by atoms with Gasteiger partial charge in [0, 0.05) is 12.8 Å². The number of hydrogen-bond acceptors (Lipinski definition) is 5. The van der Waals surface area contributed by atoms with Crippen molar-refractivity contribution in [1.82, 2.24) is 0 Å². The summed E-state index contributed by atoms with van der Waals surface area (Å²) in [6.45, 7) is 9.05. The van der Waals surface area contributed by atoms with Gasteiger partial charge in [0.05, 0.1) is 12.2 Å². The second kappa shape index (κ2) is 16.1. The van der Waals surface area contributed by atoms with E-state index >= 15 is 0 Å². The first kappa shape index (κ1) is 35.7. The fraction of sp³-hybridized carbons (Fsp3) is 0.947. The second-order valence-electron chi connectivity index (χ2n) is 16.2. The van der Waals surface area contributed by atoms with Gasteiger partial charge in [-0.1, -0.05) is 91.9 Å². The topological polar surface area (TPSA) is 104 Å². The third kappa shape index (κ3) is 8.04. The molecule has 44 heavy (non-hydrogen) atoms. The normalized spacial score (nSPS) is 38.8. The van der Waals surface area contributed by atoms with Crippen molar-refractivity contribution in [3.8, 4) is 0 Å². The molecule has 0 aromatic carbocycles. The maximum absolute atomic E-state index is 12.7. The van der Waals surface area contributed by atoms with Gasteiger partial charge in [0.15, 0.2) is 0 Å². The van der Waals surface area contributed by atoms with Gasteiger partial charge < -0.3 is 20.1 Å². The van der Waals surface area contributed by atoms with Crippen molar-refractivity contribution in [1.29, 1.82) is 0 Å². The summed E-state index contributed by atoms with van der Waals surface area (Å²) in [4.78, 5) is 24.0. The van der Waals surface area contributed by atoms with E-state index < -0.39 is 18.2 Å². The van der Waals surface area contributed by atoms with Gasteiger partial charge in [-0.3, -0.25) is 9.59 Å². The van der Waals surface area contributed by atoms with Crippen molar-refractivity contribution >= 4 is 11.9 Å². The van der Waals surface area contributed by atoms with Crippen LogP contribution in [-0.4, -0.2) is 45.6 Å². The highest BCUT2D eigenvalue weighted by atomic mass is 16.5. The van der Waals surface area contributed by atoms with Gasteiger partial charge in [-0.15, -0.1) is 0 Å². The Bertz CT molecular complexity index is 921. The van der Waals surface area contributed by atoms with E-state index in [4.69, 9.17) is 4.74 Å². The van der Waals surface area contributed by atoms with Crippen molar-refractivity contribution < 1.29 is 29.6 Å². The highest BCUT2D eigenvalue weighted by Gasteiger charge is 2.65. The minimum atomic E-state index is -0.752. The Morgan fingerprint density at radius 3 is 2.09 bits per heavy atom. The molecule has 3 N–H and O–H groups in total. The number of carboxylic acids is 1. The molecule has 4 fully saturated rings. The first-order valence-electron chi connectivity index (χ1n) is 18.8. The molecule has 4 aliphatic carbocycles. The van der Waals surface area contributed by atoms with Crippen molar-refractivity contribution in [3.05, 3.63) is 0 Å². The van der Waals surface area contributed by atoms with Gasteiger partial charge in [0.1, 0.15) is 6.10 Å². The lowest BCUT2D eigenvalue weighted by Crippen LogP contribution is -2.62. The molecule has 0 saturated heterocycles. The molecule has 4 unspecified atom stereocenters. The molecule has 0 radical (unpaired) electrons. The van der Waals surface area contributed by atoms with E-state index in [-0.39, 0.29) is 58.9 Å². The van der Waals surface area contributed by atoms with Crippen LogP contribution in [0.1, 0.15) is 163 Å². The molecule has 0 bridgehead atoms. The van der Waals surface area contributed by atoms with Gasteiger partial charge >= 0.3 is 11.9 Å². The molecule has 11 atom stereocenters. The Morgan fingerprint density at radius 1 is 0.818 bits per heavy atom. The van der Waals surface area contributed by atoms with Crippen LogP contribution in [0.25, 0.3) is 0 Å². The molecule has 4 saturated carbocycles. The Labute approximate surface area is 268 Å². The minimum Gasteiger partial charge on any atom is -0.481 e. The highest BCUT2D eigenvalue weighted by Crippen LogP contribution is 2.68. The maximum Gasteiger partial charge on any atom is 0.306 e. The van der Waals surface area contributed by atoms with Crippen LogP contribution in [-0.2, 0) is 14.3 Å². The molecular weight excluding hydrogens is 552 g/mol. The van der Waals surface area contributed by atoms with E-state index in [2.05, 4.69) is 27.7 Å². The summed E-state index contributed by atoms with van der Waals surface area (Å²) in [5.41, 5.74) is -0.234. The number of carbonyl (C=O) groups excluding carboxylic acids is 1. The number of aliphatic hydroxyl groups is 2. The largest absolute Gasteiger partial charge is 0.481 e. The lowest BCUT2D eigenvalue weighted by molar-refractivity contribution is -0.209. The fourth-order valence-corrected chi connectivity index (χ4v) is 11.0. The van der Waals surface area contributed by atoms with Crippen LogP contribution in [0.3, 0.4) is 0 Å². The van der Waals surface area contributed by atoms with E-state index in [1.54, 1.807) is 0 Å². The molecule has 0 heterocycles. The van der Waals surface area contributed by atoms with E-state index in [0.717, 1.165) is 51.4 Å². The summed E-state index contributed by atoms with van der Waals surface area (Å²) in [5, 5.41) is 32.7. The van der Waals surface area contributed by atoms with Crippen molar-refractivity contribution in [3.63, 3.8) is 0 Å². The standard InChI is InChI=1S/C38H66O6/c1-5-6-7-8-9-10-11-12-13-14-15-16-35(43)44-28-21-22-37(3)27(23-28)24-32(39)36-30-19-18-29(26(2)17-20-34(41)42)38(30,4)33(40)25-31(36)37/h26-33,36,39-40H,5-25H2,1-4H3,(H,41,42)/t26-,27+,28-,29?,30?,31?,32-,33+,36?,37+,38-/m1/s1. The number of hydrogen-bond donors (Lipinski definition) is 3. The molecule has 0 aromatic rings. The summed E-state index contributed by atoms with van der Waals surface area (Å²) in [6.07, 6.45) is 20.6. The van der Waals surface area contributed by atoms with Crippen LogP contribution in [0, 0.1) is 46.3 Å². The third-order valence-corrected chi connectivity index (χ3v) is 13.6. The maximum atomic E-state index is 12.7. The molecule has 6 nitrogen and oxygen atoms in total. The number of rotatable bonds is 17. The number of aliphatic hydroxyl groups excluding tert-OH is 2. The second-order valence-corrected chi connectivity index (χ2v) is 16.2. The first-order valence-corrected chi connectivity index (χ1v) is 18.8. The molecule has 0 spiro atoms. The zero-order valence-electron chi connectivity index (χ0n) is 28.6. The number of aliphatic carboxylic acids is 1. The lowest BCUT2D eigenvalue weighted by Gasteiger charge is -2.63. The Kier molecular flexibility index (Phi) is 13.1. The van der Waals surface area contributed by atoms with E-state index in [1.807, 2.05) is 0 Å². The van der Waals surface area contributed by atoms with E-state index in [1.165, 1.54) is 57.8 Å². The van der Waals surface area contributed by atoms with Crippen molar-refractivity contribution in [2.45, 2.75) is 181 Å². The van der Waals surface area contributed by atoms with Gasteiger partial charge in [0.25, 0.3) is 0 Å². The summed E-state index contributed by atoms with van der Waals surface area (Å²) in [7, 11) is 0. The van der Waals surface area contributed by atoms with Gasteiger partial charge in [0.2, 0.25) is 0 Å². The Balaban J connectivity index is 1.23. The predicted molar refractivity (Wildman–Crippen MR) is 175 cm³/mol. The van der Waals surface area contributed by atoms with Crippen LogP contribution in [0.15, 0.2) is 0 Å². The smallest absolute Gasteiger partial charge is 0.306 e. The minimum absolute atomic E-state index is 0.0398. The Morgan fingerprint density at radius 2 is 1.45 bits per heavy atom. The van der Waals surface area contributed by atoms with Gasteiger partial charge in [-0.25, -0.2) is 0 Å². The van der Waals surface area contributed by atoms with Gasteiger partial charge in [-0.05, 0) is 104 Å². The monoisotopic (exact) mass is 618 g/mol. The molecule has 254 valence electrons. The third-order valence-electron chi connectivity index (χ3n) is 13.6. The number of unbranched alkanes of at least 4 members (excludes halogenated alkanes) is 10. The van der Waals surface area contributed by atoms with Crippen LogP contribution >= 0.6 is 0 Å². The van der Waals surface area contributed by atoms with Crippen LogP contribution in [0.4, 0.5) is 0 Å². The van der Waals surface area contributed by atoms with Crippen molar-refractivity contribution in [2.75, 3.05) is 0 Å². The number of fused-ring (bicyclic) bond motifs is 5. The molecule has 0 amide bonds. The molecule has 4 aliphatic rings. The first-order chi connectivity index (χ1) is 21.0. The zero-order chi connectivity index (χ0) is 31.9. The average Bonchev–Trinajstić information content (AvgIpc) is 3.34. The summed E-state index contributed by atoms with van der Waals surface area (Å²) >= 11 is 0. The molecule has 0 aliphatic heterocycles. The number of ether oxygens (including phenoxy) is 1. The zero-order valence-corrected chi connectivity index (χ0v) is 28.6. The van der Waals surface area contributed by atoms with Gasteiger partial charge in [-0.2, -0.15) is 0 Å². The van der Waals surface area contributed by atoms with Crippen molar-refractivity contribution in [2.24, 2.45) is 46.3 Å². The number of carbonyl (C=O) groups is 2. The van der Waals surface area contributed by atoms with Crippen LogP contribution < -0.4 is 0 Å². The average molecular weight is 619 g/mol. The van der Waals surface area contributed by atoms with Crippen LogP contribution in [0.5, 0.6) is 0 Å². The fourth-order valence-electron chi connectivity index (χ4n) is 11.0. The summed E-state index contributed by atoms with van der Waals surface area (Å²) in [5.74, 6) is 0.743. The van der Waals surface area contributed by atoms with Crippen LogP contribution in [0.2, 0.25) is 0 Å². The number of carboxylic acid groups (broad SMARTS) is 1. The Hall–Kier alpha value is -1.14. The molecule has 4 rings (SSSR count). The number of esters is 1. The molecule has 0 aromatic heterocycles.